The standard InChI is InChI=1S/C19H17N3O3/c1-23-15-8-14-16(18-17(15)24-11-25-18)20-10-21-19(14)22-7-6-12-4-2-3-5-13(12)9-22/h2-5,8,10H,6-7,9,11H2,1H3. The lowest BCUT2D eigenvalue weighted by Crippen LogP contribution is -2.31. The number of methoxy groups -OCH3 is 1. The summed E-state index contributed by atoms with van der Waals surface area (Å²) in [5.74, 6) is 2.80. The molecule has 0 unspecified atom stereocenters. The molecule has 6 nitrogen and oxygen atoms in total. The minimum Gasteiger partial charge on any atom is -0.493 e. The molecule has 0 bridgehead atoms. The predicted octanol–water partition coefficient (Wildman–Crippen LogP) is 2.93. The number of hydrogen-bond acceptors (Lipinski definition) is 6. The highest BCUT2D eigenvalue weighted by atomic mass is 16.7. The first-order valence-corrected chi connectivity index (χ1v) is 8.28. The van der Waals surface area contributed by atoms with Crippen LogP contribution in [0.25, 0.3) is 10.9 Å². The number of aromatic nitrogens is 2. The second kappa shape index (κ2) is 5.51. The molecular formula is C19H17N3O3. The van der Waals surface area contributed by atoms with E-state index in [0.29, 0.717) is 17.2 Å². The molecule has 2 aromatic carbocycles. The van der Waals surface area contributed by atoms with Crippen LogP contribution in [-0.2, 0) is 13.0 Å². The van der Waals surface area contributed by atoms with Crippen LogP contribution in [0.1, 0.15) is 11.1 Å². The summed E-state index contributed by atoms with van der Waals surface area (Å²) in [7, 11) is 1.63. The Bertz CT molecular complexity index is 974. The van der Waals surface area contributed by atoms with Crippen molar-refractivity contribution >= 4 is 16.7 Å². The van der Waals surface area contributed by atoms with Gasteiger partial charge in [-0.1, -0.05) is 24.3 Å². The van der Waals surface area contributed by atoms with Gasteiger partial charge in [0.05, 0.1) is 12.5 Å². The SMILES string of the molecule is COc1cc2c(N3CCc4ccccc4C3)ncnc2c2c1OCO2. The van der Waals surface area contributed by atoms with E-state index >= 15 is 0 Å². The lowest BCUT2D eigenvalue weighted by atomic mass is 9.99. The van der Waals surface area contributed by atoms with Crippen molar-refractivity contribution in [1.82, 2.24) is 9.97 Å². The topological polar surface area (TPSA) is 56.7 Å². The molecule has 0 saturated carbocycles. The van der Waals surface area contributed by atoms with Crippen LogP contribution < -0.4 is 19.1 Å². The number of anilines is 1. The summed E-state index contributed by atoms with van der Waals surface area (Å²) < 4.78 is 16.7. The first-order valence-electron chi connectivity index (χ1n) is 8.28. The number of rotatable bonds is 2. The van der Waals surface area contributed by atoms with E-state index in [-0.39, 0.29) is 6.79 Å². The van der Waals surface area contributed by atoms with Crippen molar-refractivity contribution in [2.45, 2.75) is 13.0 Å². The van der Waals surface area contributed by atoms with Gasteiger partial charge in [-0.2, -0.15) is 0 Å². The number of hydrogen-bond donors (Lipinski definition) is 0. The summed E-state index contributed by atoms with van der Waals surface area (Å²) in [5, 5.41) is 0.919. The number of nitrogens with zero attached hydrogens (tertiary/aromatic N) is 3. The average Bonchev–Trinajstić information content (AvgIpc) is 3.16. The van der Waals surface area contributed by atoms with Crippen molar-refractivity contribution in [3.05, 3.63) is 47.8 Å². The highest BCUT2D eigenvalue weighted by Gasteiger charge is 2.27. The Hall–Kier alpha value is -3.02. The molecule has 0 aliphatic carbocycles. The monoisotopic (exact) mass is 335 g/mol. The van der Waals surface area contributed by atoms with Crippen LogP contribution in [0.4, 0.5) is 5.82 Å². The highest BCUT2D eigenvalue weighted by molar-refractivity contribution is 5.97. The summed E-state index contributed by atoms with van der Waals surface area (Å²) in [4.78, 5) is 11.3. The molecule has 0 atom stereocenters. The van der Waals surface area contributed by atoms with Gasteiger partial charge in [0.1, 0.15) is 17.7 Å². The lowest BCUT2D eigenvalue weighted by Gasteiger charge is -2.30. The van der Waals surface area contributed by atoms with Crippen molar-refractivity contribution in [3.8, 4) is 17.2 Å². The minimum absolute atomic E-state index is 0.182. The van der Waals surface area contributed by atoms with Gasteiger partial charge < -0.3 is 19.1 Å². The molecule has 0 fully saturated rings. The van der Waals surface area contributed by atoms with Crippen LogP contribution in [-0.4, -0.2) is 30.4 Å². The minimum atomic E-state index is 0.182. The zero-order valence-electron chi connectivity index (χ0n) is 13.9. The molecule has 6 heteroatoms. The van der Waals surface area contributed by atoms with Gasteiger partial charge in [0.15, 0.2) is 11.5 Å². The molecule has 25 heavy (non-hydrogen) atoms. The second-order valence-corrected chi connectivity index (χ2v) is 6.18. The quantitative estimate of drug-likeness (QED) is 0.718. The summed E-state index contributed by atoms with van der Waals surface area (Å²) >= 11 is 0. The molecule has 2 aliphatic rings. The van der Waals surface area contributed by atoms with Crippen LogP contribution in [0, 0.1) is 0 Å². The molecule has 3 heterocycles. The normalized spacial score (nSPS) is 15.3. The summed E-state index contributed by atoms with van der Waals surface area (Å²) in [6.45, 7) is 1.93. The first kappa shape index (κ1) is 14.3. The van der Waals surface area contributed by atoms with Gasteiger partial charge in [0.2, 0.25) is 12.5 Å². The van der Waals surface area contributed by atoms with Gasteiger partial charge in [-0.05, 0) is 23.6 Å². The third-order valence-electron chi connectivity index (χ3n) is 4.84. The van der Waals surface area contributed by atoms with E-state index in [0.717, 1.165) is 36.2 Å². The van der Waals surface area contributed by atoms with Gasteiger partial charge >= 0.3 is 0 Å². The van der Waals surface area contributed by atoms with Crippen molar-refractivity contribution in [1.29, 1.82) is 0 Å². The van der Waals surface area contributed by atoms with E-state index in [1.807, 2.05) is 6.07 Å². The molecule has 0 saturated heterocycles. The molecule has 0 spiro atoms. The fourth-order valence-corrected chi connectivity index (χ4v) is 3.61. The van der Waals surface area contributed by atoms with E-state index in [9.17, 15) is 0 Å². The number of ether oxygens (including phenoxy) is 3. The Morgan fingerprint density at radius 1 is 1.08 bits per heavy atom. The predicted molar refractivity (Wildman–Crippen MR) is 93.4 cm³/mol. The Labute approximate surface area is 145 Å². The molecule has 3 aromatic rings. The van der Waals surface area contributed by atoms with Crippen LogP contribution >= 0.6 is 0 Å². The zero-order chi connectivity index (χ0) is 16.8. The van der Waals surface area contributed by atoms with Crippen molar-refractivity contribution in [3.63, 3.8) is 0 Å². The van der Waals surface area contributed by atoms with E-state index in [1.165, 1.54) is 11.1 Å². The Morgan fingerprint density at radius 2 is 1.92 bits per heavy atom. The van der Waals surface area contributed by atoms with Gasteiger partial charge in [-0.3, -0.25) is 0 Å². The van der Waals surface area contributed by atoms with Crippen LogP contribution in [0.2, 0.25) is 0 Å². The van der Waals surface area contributed by atoms with Gasteiger partial charge in [-0.15, -0.1) is 0 Å². The summed E-state index contributed by atoms with van der Waals surface area (Å²) in [5.41, 5.74) is 3.51. The smallest absolute Gasteiger partial charge is 0.231 e. The maximum atomic E-state index is 5.64. The Kier molecular flexibility index (Phi) is 3.16. The largest absolute Gasteiger partial charge is 0.493 e. The van der Waals surface area contributed by atoms with Crippen molar-refractivity contribution in [2.75, 3.05) is 25.3 Å². The number of fused-ring (bicyclic) bond motifs is 4. The molecule has 0 N–H and O–H groups in total. The fourth-order valence-electron chi connectivity index (χ4n) is 3.61. The summed E-state index contributed by atoms with van der Waals surface area (Å²) in [6, 6.07) is 10.5. The third kappa shape index (κ3) is 2.17. The molecule has 126 valence electrons. The highest BCUT2D eigenvalue weighted by Crippen LogP contribution is 2.47. The lowest BCUT2D eigenvalue weighted by molar-refractivity contribution is 0.172. The van der Waals surface area contributed by atoms with Crippen LogP contribution in [0.3, 0.4) is 0 Å². The van der Waals surface area contributed by atoms with Crippen LogP contribution in [0.5, 0.6) is 17.2 Å². The molecule has 5 rings (SSSR count). The van der Waals surface area contributed by atoms with E-state index in [2.05, 4.69) is 39.1 Å². The Morgan fingerprint density at radius 3 is 2.80 bits per heavy atom. The molecule has 0 radical (unpaired) electrons. The van der Waals surface area contributed by atoms with Gasteiger partial charge in [-0.25, -0.2) is 9.97 Å². The van der Waals surface area contributed by atoms with Crippen LogP contribution in [0.15, 0.2) is 36.7 Å². The molecule has 1 aromatic heterocycles. The van der Waals surface area contributed by atoms with Gasteiger partial charge in [0.25, 0.3) is 0 Å². The Balaban J connectivity index is 1.65. The maximum Gasteiger partial charge on any atom is 0.231 e. The average molecular weight is 335 g/mol. The molecule has 2 aliphatic heterocycles. The number of benzene rings is 2. The van der Waals surface area contributed by atoms with E-state index in [4.69, 9.17) is 14.2 Å². The zero-order valence-corrected chi connectivity index (χ0v) is 13.9. The maximum absolute atomic E-state index is 5.64. The summed E-state index contributed by atoms with van der Waals surface area (Å²) in [6.07, 6.45) is 2.59. The fraction of sp³-hybridized carbons (Fsp3) is 0.263. The third-order valence-corrected chi connectivity index (χ3v) is 4.84. The van der Waals surface area contributed by atoms with E-state index in [1.54, 1.807) is 13.4 Å². The molecule has 0 amide bonds. The van der Waals surface area contributed by atoms with E-state index < -0.39 is 0 Å². The van der Waals surface area contributed by atoms with Crippen molar-refractivity contribution < 1.29 is 14.2 Å². The van der Waals surface area contributed by atoms with Crippen molar-refractivity contribution in [2.24, 2.45) is 0 Å². The second-order valence-electron chi connectivity index (χ2n) is 6.18. The first-order chi connectivity index (χ1) is 12.3. The molecular weight excluding hydrogens is 318 g/mol. The van der Waals surface area contributed by atoms with Gasteiger partial charge in [0, 0.05) is 13.1 Å².